The Morgan fingerprint density at radius 2 is 2.17 bits per heavy atom. The summed E-state index contributed by atoms with van der Waals surface area (Å²) in [6.45, 7) is 4.53. The van der Waals surface area contributed by atoms with Gasteiger partial charge in [-0.15, -0.1) is 5.10 Å². The first-order valence-corrected chi connectivity index (χ1v) is 7.97. The molecule has 0 aliphatic carbocycles. The molecule has 1 unspecified atom stereocenters. The summed E-state index contributed by atoms with van der Waals surface area (Å²) in [5.74, 6) is -0.718. The monoisotopic (exact) mass is 337 g/mol. The summed E-state index contributed by atoms with van der Waals surface area (Å²) < 4.78 is 6.13. The molecule has 0 aromatic carbocycles. The lowest BCUT2D eigenvalue weighted by atomic mass is 9.98. The number of aromatic nitrogens is 3. The molecule has 1 aliphatic heterocycles. The van der Waals surface area contributed by atoms with E-state index in [2.05, 4.69) is 15.6 Å². The van der Waals surface area contributed by atoms with Crippen molar-refractivity contribution in [2.45, 2.75) is 33.2 Å². The number of hydrogen-bond acceptors (Lipinski definition) is 6. The van der Waals surface area contributed by atoms with Gasteiger partial charge >= 0.3 is 5.97 Å². The minimum Gasteiger partial charge on any atom is -0.469 e. The molecular weight excluding hydrogens is 314 g/mol. The molecule has 9 heteroatoms. The highest BCUT2D eigenvalue weighted by Crippen LogP contribution is 2.18. The van der Waals surface area contributed by atoms with Gasteiger partial charge in [0, 0.05) is 19.0 Å². The van der Waals surface area contributed by atoms with Crippen LogP contribution in [0, 0.1) is 11.8 Å². The fourth-order valence-corrected chi connectivity index (χ4v) is 2.50. The maximum atomic E-state index is 12.4. The molecule has 24 heavy (non-hydrogen) atoms. The number of methoxy groups -OCH3 is 1. The lowest BCUT2D eigenvalue weighted by Crippen LogP contribution is -2.44. The predicted molar refractivity (Wildman–Crippen MR) is 84.8 cm³/mol. The van der Waals surface area contributed by atoms with E-state index < -0.39 is 0 Å². The second kappa shape index (κ2) is 7.89. The zero-order valence-corrected chi connectivity index (χ0v) is 14.2. The van der Waals surface area contributed by atoms with E-state index in [4.69, 9.17) is 4.74 Å². The number of anilines is 1. The Morgan fingerprint density at radius 3 is 2.83 bits per heavy atom. The number of likely N-dealkylation sites (tertiary alicyclic amines) is 1. The molecule has 1 saturated heterocycles. The van der Waals surface area contributed by atoms with Gasteiger partial charge in [0.05, 0.1) is 19.2 Å². The molecule has 2 heterocycles. The zero-order valence-electron chi connectivity index (χ0n) is 14.2. The molecule has 0 bridgehead atoms. The van der Waals surface area contributed by atoms with Gasteiger partial charge in [-0.25, -0.2) is 4.68 Å². The number of hydrogen-bond donors (Lipinski definition) is 1. The smallest absolute Gasteiger partial charge is 0.310 e. The molecule has 1 N–H and O–H groups in total. The normalized spacial score (nSPS) is 17.7. The van der Waals surface area contributed by atoms with Crippen LogP contribution in [-0.4, -0.2) is 57.9 Å². The summed E-state index contributed by atoms with van der Waals surface area (Å²) in [4.78, 5) is 37.2. The van der Waals surface area contributed by atoms with Gasteiger partial charge in [0.15, 0.2) is 5.82 Å². The van der Waals surface area contributed by atoms with Crippen LogP contribution in [0.1, 0.15) is 26.7 Å². The van der Waals surface area contributed by atoms with Crippen LogP contribution >= 0.6 is 0 Å². The second-order valence-electron chi connectivity index (χ2n) is 6.15. The van der Waals surface area contributed by atoms with Crippen molar-refractivity contribution in [3.63, 3.8) is 0 Å². The van der Waals surface area contributed by atoms with Crippen LogP contribution in [0.5, 0.6) is 0 Å². The highest BCUT2D eigenvalue weighted by atomic mass is 16.5. The molecule has 9 nitrogen and oxygen atoms in total. The predicted octanol–water partition coefficient (Wildman–Crippen LogP) is 0.284. The zero-order chi connectivity index (χ0) is 17.7. The van der Waals surface area contributed by atoms with Crippen LogP contribution < -0.4 is 5.32 Å². The Bertz CT molecular complexity index is 613. The van der Waals surface area contributed by atoms with Crippen molar-refractivity contribution >= 4 is 23.6 Å². The summed E-state index contributed by atoms with van der Waals surface area (Å²) >= 11 is 0. The molecule has 2 amide bonds. The number of nitrogens with zero attached hydrogens (tertiary/aromatic N) is 4. The molecular formula is C15H23N5O4. The van der Waals surface area contributed by atoms with Crippen molar-refractivity contribution < 1.29 is 19.1 Å². The van der Waals surface area contributed by atoms with Gasteiger partial charge in [-0.3, -0.25) is 14.4 Å². The summed E-state index contributed by atoms with van der Waals surface area (Å²) in [7, 11) is 1.35. The fraction of sp³-hybridized carbons (Fsp3) is 0.667. The SMILES string of the molecule is COC(=O)C1CCCN(C(=O)Cn2cc(NC(=O)C(C)C)nn2)C1. The van der Waals surface area contributed by atoms with Gasteiger partial charge in [0.1, 0.15) is 6.54 Å². The second-order valence-corrected chi connectivity index (χ2v) is 6.15. The molecule has 1 fully saturated rings. The summed E-state index contributed by atoms with van der Waals surface area (Å²) in [5, 5.41) is 10.3. The number of carbonyl (C=O) groups is 3. The Hall–Kier alpha value is -2.45. The molecule has 1 atom stereocenters. The fourth-order valence-electron chi connectivity index (χ4n) is 2.50. The van der Waals surface area contributed by atoms with Crippen molar-refractivity contribution in [2.24, 2.45) is 11.8 Å². The van der Waals surface area contributed by atoms with Gasteiger partial charge in [-0.2, -0.15) is 0 Å². The average molecular weight is 337 g/mol. The quantitative estimate of drug-likeness (QED) is 0.774. The number of ether oxygens (including phenoxy) is 1. The van der Waals surface area contributed by atoms with Crippen LogP contribution in [0.3, 0.4) is 0 Å². The molecule has 0 spiro atoms. The lowest BCUT2D eigenvalue weighted by Gasteiger charge is -2.31. The van der Waals surface area contributed by atoms with E-state index in [-0.39, 0.29) is 36.2 Å². The van der Waals surface area contributed by atoms with Crippen LogP contribution in [0.15, 0.2) is 6.20 Å². The van der Waals surface area contributed by atoms with E-state index in [0.717, 1.165) is 12.8 Å². The topological polar surface area (TPSA) is 106 Å². The van der Waals surface area contributed by atoms with Crippen molar-refractivity contribution in [1.82, 2.24) is 19.9 Å². The third kappa shape index (κ3) is 4.53. The molecule has 0 radical (unpaired) electrons. The van der Waals surface area contributed by atoms with E-state index >= 15 is 0 Å². The van der Waals surface area contributed by atoms with Crippen LogP contribution in [0.25, 0.3) is 0 Å². The van der Waals surface area contributed by atoms with E-state index in [1.165, 1.54) is 18.0 Å². The molecule has 1 aliphatic rings. The van der Waals surface area contributed by atoms with Gasteiger partial charge in [0.2, 0.25) is 11.8 Å². The van der Waals surface area contributed by atoms with Gasteiger partial charge < -0.3 is 15.0 Å². The van der Waals surface area contributed by atoms with E-state index in [9.17, 15) is 14.4 Å². The largest absolute Gasteiger partial charge is 0.469 e. The Balaban J connectivity index is 1.91. The molecule has 2 rings (SSSR count). The third-order valence-electron chi connectivity index (χ3n) is 3.92. The van der Waals surface area contributed by atoms with Crippen molar-refractivity contribution in [1.29, 1.82) is 0 Å². The van der Waals surface area contributed by atoms with Crippen LogP contribution in [0.4, 0.5) is 5.82 Å². The van der Waals surface area contributed by atoms with E-state index in [1.807, 2.05) is 0 Å². The molecule has 1 aromatic heterocycles. The highest BCUT2D eigenvalue weighted by Gasteiger charge is 2.29. The molecule has 132 valence electrons. The van der Waals surface area contributed by atoms with Crippen molar-refractivity contribution in [3.05, 3.63) is 6.20 Å². The Kier molecular flexibility index (Phi) is 5.88. The van der Waals surface area contributed by atoms with Gasteiger partial charge in [-0.05, 0) is 12.8 Å². The van der Waals surface area contributed by atoms with Crippen LogP contribution in [0.2, 0.25) is 0 Å². The number of amides is 2. The molecule has 0 saturated carbocycles. The molecule has 1 aromatic rings. The first-order valence-electron chi connectivity index (χ1n) is 7.97. The number of nitrogens with one attached hydrogen (secondary N) is 1. The highest BCUT2D eigenvalue weighted by molar-refractivity contribution is 5.91. The Morgan fingerprint density at radius 1 is 1.42 bits per heavy atom. The van der Waals surface area contributed by atoms with Gasteiger partial charge in [0.25, 0.3) is 0 Å². The van der Waals surface area contributed by atoms with E-state index in [1.54, 1.807) is 18.7 Å². The van der Waals surface area contributed by atoms with Gasteiger partial charge in [-0.1, -0.05) is 19.1 Å². The summed E-state index contributed by atoms with van der Waals surface area (Å²) in [6.07, 6.45) is 3.00. The summed E-state index contributed by atoms with van der Waals surface area (Å²) in [6, 6.07) is 0. The lowest BCUT2D eigenvalue weighted by molar-refractivity contribution is -0.149. The van der Waals surface area contributed by atoms with Crippen molar-refractivity contribution in [2.75, 3.05) is 25.5 Å². The maximum absolute atomic E-state index is 12.4. The van der Waals surface area contributed by atoms with Crippen molar-refractivity contribution in [3.8, 4) is 0 Å². The minimum absolute atomic E-state index is 0.0123. The number of esters is 1. The first-order chi connectivity index (χ1) is 11.4. The standard InChI is InChI=1S/C15H23N5O4/c1-10(2)14(22)16-12-8-20(18-17-12)9-13(21)19-6-4-5-11(7-19)15(23)24-3/h8,10-11H,4-7,9H2,1-3H3,(H,16,22). The minimum atomic E-state index is -0.285. The number of carbonyl (C=O) groups excluding carboxylic acids is 3. The number of rotatable bonds is 5. The average Bonchev–Trinajstić information content (AvgIpc) is 3.00. The van der Waals surface area contributed by atoms with E-state index in [0.29, 0.717) is 18.9 Å². The maximum Gasteiger partial charge on any atom is 0.310 e. The number of piperidine rings is 1. The summed E-state index contributed by atoms with van der Waals surface area (Å²) in [5.41, 5.74) is 0. The van der Waals surface area contributed by atoms with Crippen LogP contribution in [-0.2, 0) is 25.7 Å². The third-order valence-corrected chi connectivity index (χ3v) is 3.92. The Labute approximate surface area is 140 Å². The first kappa shape index (κ1) is 17.9.